The molecule has 3 saturated heterocycles. The molecule has 0 aromatic heterocycles. The molecule has 1 N–H and O–H groups in total. The summed E-state index contributed by atoms with van der Waals surface area (Å²) in [5.74, 6) is -2.16. The number of ether oxygens (including phenoxy) is 1. The third kappa shape index (κ3) is 5.24. The Hall–Kier alpha value is -2.97. The van der Waals surface area contributed by atoms with Crippen molar-refractivity contribution in [3.05, 3.63) is 54.6 Å². The van der Waals surface area contributed by atoms with Gasteiger partial charge in [0.25, 0.3) is 5.91 Å². The second-order valence-electron chi connectivity index (χ2n) is 13.5. The van der Waals surface area contributed by atoms with Crippen molar-refractivity contribution in [3.63, 3.8) is 0 Å². The van der Waals surface area contributed by atoms with Crippen LogP contribution in [-0.2, 0) is 19.1 Å². The Balaban J connectivity index is 1.92. The van der Waals surface area contributed by atoms with E-state index in [1.807, 2.05) is 59.7 Å². The standard InChI is InChI=1S/C35H51N3O5/c1-10-16-36(17-11-2)31(40)27-28-32(41)38(26(21-39)19-22(4)5)30(35(28)20-25(8)34(27,9)43-35)33(42)37(18-12-3)29-23(6)14-13-15-24(29)7/h10,12-15,22,25-28,30,39H,1,3,11,16-21H2,2,4-9H3/t25?,26-,27-,28+,30?,34+,35?/m1/s1. The normalized spacial score (nSPS) is 30.0. The number of amides is 3. The molecule has 0 aliphatic carbocycles. The van der Waals surface area contributed by atoms with Crippen LogP contribution in [0, 0.1) is 37.5 Å². The summed E-state index contributed by atoms with van der Waals surface area (Å²) in [4.78, 5) is 49.3. The highest BCUT2D eigenvalue weighted by Gasteiger charge is 2.80. The molecule has 4 rings (SSSR count). The molecule has 2 bridgehead atoms. The van der Waals surface area contributed by atoms with Crippen molar-refractivity contribution in [2.24, 2.45) is 23.7 Å². The molecule has 236 valence electrons. The van der Waals surface area contributed by atoms with Crippen molar-refractivity contribution in [1.29, 1.82) is 0 Å². The molecule has 1 spiro atoms. The number of rotatable bonds is 13. The summed E-state index contributed by atoms with van der Waals surface area (Å²) >= 11 is 0. The van der Waals surface area contributed by atoms with Gasteiger partial charge in [-0.15, -0.1) is 13.2 Å². The first-order valence-electron chi connectivity index (χ1n) is 15.9. The Bertz CT molecular complexity index is 1240. The van der Waals surface area contributed by atoms with Gasteiger partial charge in [0.05, 0.1) is 30.1 Å². The first kappa shape index (κ1) is 32.9. The first-order valence-corrected chi connectivity index (χ1v) is 15.9. The number of aliphatic hydroxyl groups excluding tert-OH is 1. The number of likely N-dealkylation sites (tertiary alicyclic amines) is 1. The number of hydrogen-bond acceptors (Lipinski definition) is 5. The van der Waals surface area contributed by atoms with Crippen molar-refractivity contribution >= 4 is 23.4 Å². The van der Waals surface area contributed by atoms with Gasteiger partial charge in [-0.25, -0.2) is 0 Å². The molecule has 3 aliphatic rings. The predicted octanol–water partition coefficient (Wildman–Crippen LogP) is 4.66. The van der Waals surface area contributed by atoms with E-state index in [0.717, 1.165) is 23.2 Å². The zero-order valence-corrected chi connectivity index (χ0v) is 27.1. The predicted molar refractivity (Wildman–Crippen MR) is 169 cm³/mol. The molecular weight excluding hydrogens is 542 g/mol. The Kier molecular flexibility index (Phi) is 9.62. The second-order valence-corrected chi connectivity index (χ2v) is 13.5. The molecule has 3 amide bonds. The van der Waals surface area contributed by atoms with Crippen LogP contribution in [0.2, 0.25) is 0 Å². The summed E-state index contributed by atoms with van der Waals surface area (Å²) < 4.78 is 6.99. The Labute approximate surface area is 257 Å². The largest absolute Gasteiger partial charge is 0.394 e. The van der Waals surface area contributed by atoms with E-state index in [-0.39, 0.29) is 42.7 Å². The van der Waals surface area contributed by atoms with Gasteiger partial charge in [-0.2, -0.15) is 0 Å². The maximum absolute atomic E-state index is 15.1. The van der Waals surface area contributed by atoms with Gasteiger partial charge >= 0.3 is 0 Å². The molecule has 3 unspecified atom stereocenters. The number of carbonyl (C=O) groups is 3. The van der Waals surface area contributed by atoms with Crippen molar-refractivity contribution in [2.75, 3.05) is 31.1 Å². The van der Waals surface area contributed by atoms with Crippen LogP contribution in [0.3, 0.4) is 0 Å². The number of anilines is 1. The lowest BCUT2D eigenvalue weighted by Gasteiger charge is -2.40. The van der Waals surface area contributed by atoms with Crippen molar-refractivity contribution in [1.82, 2.24) is 9.80 Å². The lowest BCUT2D eigenvalue weighted by molar-refractivity contribution is -0.154. The van der Waals surface area contributed by atoms with Crippen LogP contribution < -0.4 is 4.90 Å². The maximum Gasteiger partial charge on any atom is 0.253 e. The highest BCUT2D eigenvalue weighted by Crippen LogP contribution is 2.66. The van der Waals surface area contributed by atoms with E-state index in [9.17, 15) is 14.7 Å². The second kappa shape index (κ2) is 12.6. The number of fused-ring (bicyclic) bond motifs is 1. The molecule has 8 nitrogen and oxygen atoms in total. The molecule has 8 heteroatoms. The molecule has 7 atom stereocenters. The highest BCUT2D eigenvalue weighted by atomic mass is 16.5. The number of hydrogen-bond donors (Lipinski definition) is 1. The van der Waals surface area contributed by atoms with E-state index in [1.54, 1.807) is 26.9 Å². The van der Waals surface area contributed by atoms with Crippen LogP contribution in [0.15, 0.2) is 43.5 Å². The monoisotopic (exact) mass is 593 g/mol. The van der Waals surface area contributed by atoms with E-state index in [4.69, 9.17) is 4.74 Å². The summed E-state index contributed by atoms with van der Waals surface area (Å²) in [5.41, 5.74) is 0.541. The van der Waals surface area contributed by atoms with E-state index >= 15 is 4.79 Å². The summed E-state index contributed by atoms with van der Waals surface area (Å²) in [5, 5.41) is 10.7. The van der Waals surface area contributed by atoms with Crippen LogP contribution in [0.1, 0.15) is 65.0 Å². The lowest BCUT2D eigenvalue weighted by atomic mass is 9.62. The molecule has 0 saturated carbocycles. The molecule has 3 fully saturated rings. The Morgan fingerprint density at radius 3 is 2.33 bits per heavy atom. The molecule has 3 heterocycles. The highest BCUT2D eigenvalue weighted by molar-refractivity contribution is 6.06. The number of aryl methyl sites for hydroxylation is 2. The fourth-order valence-corrected chi connectivity index (χ4v) is 8.26. The Morgan fingerprint density at radius 1 is 1.16 bits per heavy atom. The number of benzene rings is 1. The molecule has 1 aromatic carbocycles. The summed E-state index contributed by atoms with van der Waals surface area (Å²) in [6.45, 7) is 22.7. The summed E-state index contributed by atoms with van der Waals surface area (Å²) in [7, 11) is 0. The van der Waals surface area contributed by atoms with Crippen molar-refractivity contribution < 1.29 is 24.2 Å². The fraction of sp³-hybridized carbons (Fsp3) is 0.629. The average Bonchev–Trinajstić information content (AvgIpc) is 3.46. The van der Waals surface area contributed by atoms with E-state index < -0.39 is 35.1 Å². The number of para-hydroxylation sites is 1. The van der Waals surface area contributed by atoms with Crippen molar-refractivity contribution in [3.8, 4) is 0 Å². The quantitative estimate of drug-likeness (QED) is 0.336. The molecule has 43 heavy (non-hydrogen) atoms. The van der Waals surface area contributed by atoms with Crippen LogP contribution in [0.25, 0.3) is 0 Å². The fourth-order valence-electron chi connectivity index (χ4n) is 8.26. The summed E-state index contributed by atoms with van der Waals surface area (Å²) in [6, 6.07) is 4.31. The van der Waals surface area contributed by atoms with E-state index in [2.05, 4.69) is 20.1 Å². The molecule has 0 radical (unpaired) electrons. The van der Waals surface area contributed by atoms with Gasteiger partial charge in [0, 0.05) is 25.3 Å². The van der Waals surface area contributed by atoms with Crippen LogP contribution in [0.5, 0.6) is 0 Å². The number of carbonyl (C=O) groups excluding carboxylic acids is 3. The smallest absolute Gasteiger partial charge is 0.253 e. The minimum Gasteiger partial charge on any atom is -0.394 e. The molecular formula is C35H51N3O5. The maximum atomic E-state index is 15.1. The van der Waals surface area contributed by atoms with Gasteiger partial charge in [0.1, 0.15) is 11.6 Å². The zero-order valence-electron chi connectivity index (χ0n) is 27.1. The topological polar surface area (TPSA) is 90.4 Å². The Morgan fingerprint density at radius 2 is 1.79 bits per heavy atom. The molecule has 3 aliphatic heterocycles. The zero-order chi connectivity index (χ0) is 31.9. The summed E-state index contributed by atoms with van der Waals surface area (Å²) in [6.07, 6.45) is 5.16. The SMILES string of the molecule is C=CCN(CCC)C(=O)[C@H]1[C@H]2C(=O)N([C@@H](CO)CC(C)C)C(C(=O)N(CC=C)c3c(C)cccc3C)C23CC(C)[C@]1(C)O3. The van der Waals surface area contributed by atoms with Gasteiger partial charge < -0.3 is 24.5 Å². The van der Waals surface area contributed by atoms with Gasteiger partial charge in [-0.3, -0.25) is 14.4 Å². The van der Waals surface area contributed by atoms with Gasteiger partial charge in [0.2, 0.25) is 11.8 Å². The third-order valence-electron chi connectivity index (χ3n) is 10.0. The number of nitrogens with zero attached hydrogens (tertiary/aromatic N) is 3. The van der Waals surface area contributed by atoms with Gasteiger partial charge in [-0.05, 0) is 63.0 Å². The van der Waals surface area contributed by atoms with E-state index in [1.165, 1.54) is 0 Å². The van der Waals surface area contributed by atoms with Crippen LogP contribution in [0.4, 0.5) is 5.69 Å². The average molecular weight is 594 g/mol. The lowest BCUT2D eigenvalue weighted by Crippen LogP contribution is -2.59. The van der Waals surface area contributed by atoms with Crippen LogP contribution in [-0.4, -0.2) is 82.2 Å². The van der Waals surface area contributed by atoms with Gasteiger partial charge in [-0.1, -0.05) is 58.0 Å². The van der Waals surface area contributed by atoms with Crippen LogP contribution >= 0.6 is 0 Å². The van der Waals surface area contributed by atoms with E-state index in [0.29, 0.717) is 25.9 Å². The number of aliphatic hydroxyl groups is 1. The molecule has 1 aromatic rings. The first-order chi connectivity index (χ1) is 20.3. The van der Waals surface area contributed by atoms with Crippen molar-refractivity contribution in [2.45, 2.75) is 91.0 Å². The minimum absolute atomic E-state index is 0.0707. The third-order valence-corrected chi connectivity index (χ3v) is 10.0. The van der Waals surface area contributed by atoms with Gasteiger partial charge in [0.15, 0.2) is 0 Å². The minimum atomic E-state index is -1.20.